The Kier molecular flexibility index (Phi) is 19.3. The minimum Gasteiger partial charge on any atom is -0.312 e. The van der Waals surface area contributed by atoms with Gasteiger partial charge in [-0.3, -0.25) is 0 Å². The van der Waals surface area contributed by atoms with E-state index in [1.54, 1.807) is 0 Å². The molecule has 0 saturated heterocycles. The summed E-state index contributed by atoms with van der Waals surface area (Å²) < 4.78 is 0. The van der Waals surface area contributed by atoms with E-state index in [2.05, 4.69) is 33.0 Å². The number of hydrogen-bond acceptors (Lipinski definition) is 1. The van der Waals surface area contributed by atoms with Crippen molar-refractivity contribution in [2.75, 3.05) is 0 Å². The first-order valence-corrected chi connectivity index (χ1v) is 11.5. The number of nitrogens with one attached hydrogen (secondary N) is 1. The van der Waals surface area contributed by atoms with Gasteiger partial charge in [-0.1, -0.05) is 111 Å². The van der Waals surface area contributed by atoms with Crippen LogP contribution in [0.4, 0.5) is 0 Å². The second-order valence-electron chi connectivity index (χ2n) is 8.02. The van der Waals surface area contributed by atoms with Crippen LogP contribution in [0.15, 0.2) is 0 Å². The van der Waals surface area contributed by atoms with E-state index in [4.69, 9.17) is 0 Å². The highest BCUT2D eigenvalue weighted by Crippen LogP contribution is 2.15. The molecule has 1 N–H and O–H groups in total. The predicted octanol–water partition coefficient (Wildman–Crippen LogP) is 8.02. The average Bonchev–Trinajstić information content (AvgIpc) is 2.58. The molecule has 0 aromatic rings. The first-order chi connectivity index (χ1) is 11.7. The molecule has 0 heterocycles. The molecule has 24 heavy (non-hydrogen) atoms. The molecule has 0 aliphatic heterocycles. The van der Waals surface area contributed by atoms with Crippen molar-refractivity contribution in [1.82, 2.24) is 5.32 Å². The molecule has 1 nitrogen and oxygen atoms in total. The zero-order valence-corrected chi connectivity index (χ0v) is 17.7. The summed E-state index contributed by atoms with van der Waals surface area (Å²) >= 11 is 0. The van der Waals surface area contributed by atoms with Crippen LogP contribution in [-0.2, 0) is 0 Å². The molecule has 0 saturated carbocycles. The van der Waals surface area contributed by atoms with Crippen LogP contribution in [0.5, 0.6) is 0 Å². The second-order valence-corrected chi connectivity index (χ2v) is 8.02. The lowest BCUT2D eigenvalue weighted by Crippen LogP contribution is -2.36. The molecule has 0 aliphatic rings. The topological polar surface area (TPSA) is 12.0 Å². The largest absolute Gasteiger partial charge is 0.312 e. The van der Waals surface area contributed by atoms with Gasteiger partial charge in [0.2, 0.25) is 0 Å². The Bertz CT molecular complexity index is 212. The van der Waals surface area contributed by atoms with Gasteiger partial charge in [-0.05, 0) is 26.2 Å². The second kappa shape index (κ2) is 19.3. The highest BCUT2D eigenvalue weighted by Gasteiger charge is 2.11. The standard InChI is InChI=1S/C23H49N/c1-5-8-11-14-17-20-23(21-18-15-12-9-6-2)24-22(4)19-16-13-10-7-3/h22-24H,5-21H2,1-4H3. The van der Waals surface area contributed by atoms with Crippen molar-refractivity contribution in [3.8, 4) is 0 Å². The molecule has 1 unspecified atom stereocenters. The van der Waals surface area contributed by atoms with E-state index in [-0.39, 0.29) is 0 Å². The van der Waals surface area contributed by atoms with E-state index in [0.29, 0.717) is 6.04 Å². The van der Waals surface area contributed by atoms with Gasteiger partial charge >= 0.3 is 0 Å². The van der Waals surface area contributed by atoms with Crippen molar-refractivity contribution < 1.29 is 0 Å². The summed E-state index contributed by atoms with van der Waals surface area (Å²) in [6.07, 6.45) is 23.9. The predicted molar refractivity (Wildman–Crippen MR) is 112 cm³/mol. The highest BCUT2D eigenvalue weighted by atomic mass is 14.9. The molecule has 0 radical (unpaired) electrons. The molecule has 0 fully saturated rings. The van der Waals surface area contributed by atoms with Crippen LogP contribution in [0.3, 0.4) is 0 Å². The van der Waals surface area contributed by atoms with Gasteiger partial charge in [0.25, 0.3) is 0 Å². The summed E-state index contributed by atoms with van der Waals surface area (Å²) in [6.45, 7) is 9.32. The number of unbranched alkanes of at least 4 members (excludes halogenated alkanes) is 11. The van der Waals surface area contributed by atoms with Gasteiger partial charge < -0.3 is 5.32 Å². The van der Waals surface area contributed by atoms with Crippen LogP contribution in [0, 0.1) is 0 Å². The molecule has 0 amide bonds. The third-order valence-corrected chi connectivity index (χ3v) is 5.32. The lowest BCUT2D eigenvalue weighted by Gasteiger charge is -2.24. The van der Waals surface area contributed by atoms with Crippen molar-refractivity contribution >= 4 is 0 Å². The lowest BCUT2D eigenvalue weighted by atomic mass is 9.99. The SMILES string of the molecule is CCCCCCCC(CCCCCCC)NC(C)CCCCCC. The molecular weight excluding hydrogens is 290 g/mol. The first-order valence-electron chi connectivity index (χ1n) is 11.5. The molecule has 0 aromatic carbocycles. The van der Waals surface area contributed by atoms with E-state index in [1.807, 2.05) is 0 Å². The van der Waals surface area contributed by atoms with Crippen LogP contribution in [0.2, 0.25) is 0 Å². The average molecular weight is 340 g/mol. The van der Waals surface area contributed by atoms with Crippen molar-refractivity contribution in [3.63, 3.8) is 0 Å². The maximum atomic E-state index is 3.98. The summed E-state index contributed by atoms with van der Waals surface area (Å²) in [5.74, 6) is 0. The third kappa shape index (κ3) is 16.8. The van der Waals surface area contributed by atoms with Gasteiger partial charge in [0.15, 0.2) is 0 Å². The Balaban J connectivity index is 3.95. The minimum atomic E-state index is 0.707. The van der Waals surface area contributed by atoms with Gasteiger partial charge in [0.05, 0.1) is 0 Å². The Labute approximate surface area is 154 Å². The summed E-state index contributed by atoms with van der Waals surface area (Å²) in [7, 11) is 0. The van der Waals surface area contributed by atoms with Crippen molar-refractivity contribution in [2.45, 2.75) is 149 Å². The minimum absolute atomic E-state index is 0.707. The highest BCUT2D eigenvalue weighted by molar-refractivity contribution is 4.72. The van der Waals surface area contributed by atoms with Crippen molar-refractivity contribution in [3.05, 3.63) is 0 Å². The summed E-state index contributed by atoms with van der Waals surface area (Å²) in [4.78, 5) is 0. The van der Waals surface area contributed by atoms with E-state index in [0.717, 1.165) is 6.04 Å². The van der Waals surface area contributed by atoms with Crippen LogP contribution in [0.1, 0.15) is 137 Å². The summed E-state index contributed by atoms with van der Waals surface area (Å²) in [5, 5.41) is 3.98. The van der Waals surface area contributed by atoms with E-state index in [9.17, 15) is 0 Å². The van der Waals surface area contributed by atoms with Crippen LogP contribution >= 0.6 is 0 Å². The molecular formula is C23H49N. The molecule has 146 valence electrons. The van der Waals surface area contributed by atoms with Crippen LogP contribution in [0.25, 0.3) is 0 Å². The normalized spacial score (nSPS) is 12.9. The van der Waals surface area contributed by atoms with Crippen LogP contribution < -0.4 is 5.32 Å². The van der Waals surface area contributed by atoms with Gasteiger partial charge in [0, 0.05) is 12.1 Å². The Morgan fingerprint density at radius 1 is 0.500 bits per heavy atom. The number of rotatable bonds is 19. The molecule has 1 atom stereocenters. The fourth-order valence-electron chi connectivity index (χ4n) is 3.66. The third-order valence-electron chi connectivity index (χ3n) is 5.32. The van der Waals surface area contributed by atoms with Gasteiger partial charge in [-0.25, -0.2) is 0 Å². The Morgan fingerprint density at radius 2 is 0.875 bits per heavy atom. The van der Waals surface area contributed by atoms with Crippen molar-refractivity contribution in [1.29, 1.82) is 0 Å². The van der Waals surface area contributed by atoms with Crippen molar-refractivity contribution in [2.24, 2.45) is 0 Å². The Morgan fingerprint density at radius 3 is 1.33 bits per heavy atom. The molecule has 0 bridgehead atoms. The maximum absolute atomic E-state index is 3.98. The zero-order valence-electron chi connectivity index (χ0n) is 17.7. The molecule has 1 heteroatoms. The van der Waals surface area contributed by atoms with Gasteiger partial charge in [-0.15, -0.1) is 0 Å². The van der Waals surface area contributed by atoms with Gasteiger partial charge in [0.1, 0.15) is 0 Å². The van der Waals surface area contributed by atoms with E-state index in [1.165, 1.54) is 109 Å². The molecule has 0 rings (SSSR count). The van der Waals surface area contributed by atoms with E-state index >= 15 is 0 Å². The maximum Gasteiger partial charge on any atom is 0.00695 e. The first kappa shape index (κ1) is 24.0. The van der Waals surface area contributed by atoms with Gasteiger partial charge in [-0.2, -0.15) is 0 Å². The smallest absolute Gasteiger partial charge is 0.00695 e. The zero-order chi connectivity index (χ0) is 17.9. The van der Waals surface area contributed by atoms with E-state index < -0.39 is 0 Å². The molecule has 0 spiro atoms. The number of hydrogen-bond donors (Lipinski definition) is 1. The molecule has 0 aliphatic carbocycles. The lowest BCUT2D eigenvalue weighted by molar-refractivity contribution is 0.360. The molecule has 0 aromatic heterocycles. The monoisotopic (exact) mass is 339 g/mol. The van der Waals surface area contributed by atoms with Crippen LogP contribution in [-0.4, -0.2) is 12.1 Å². The fourth-order valence-corrected chi connectivity index (χ4v) is 3.66. The Hall–Kier alpha value is -0.0400. The summed E-state index contributed by atoms with van der Waals surface area (Å²) in [6, 6.07) is 1.48. The fraction of sp³-hybridized carbons (Fsp3) is 1.00. The quantitative estimate of drug-likeness (QED) is 0.235. The summed E-state index contributed by atoms with van der Waals surface area (Å²) in [5.41, 5.74) is 0.